The van der Waals surface area contributed by atoms with Crippen LogP contribution in [0.3, 0.4) is 0 Å². The lowest BCUT2D eigenvalue weighted by Crippen LogP contribution is -2.58. The first-order valence-electron chi connectivity index (χ1n) is 16.9. The van der Waals surface area contributed by atoms with Crippen molar-refractivity contribution >= 4 is 72.5 Å². The third kappa shape index (κ3) is 11.4. The Balaban J connectivity index is 1.35. The van der Waals surface area contributed by atoms with Gasteiger partial charge in [0.2, 0.25) is 12.2 Å². The molecule has 0 bridgehead atoms. The van der Waals surface area contributed by atoms with E-state index in [4.69, 9.17) is 47.4 Å². The summed E-state index contributed by atoms with van der Waals surface area (Å²) in [5.41, 5.74) is 0.338. The number of non-ortho nitro benzene ring substituents is 1. The third-order valence-corrected chi connectivity index (χ3v) is 9.41. The molecule has 1 fully saturated rings. The van der Waals surface area contributed by atoms with E-state index in [1.54, 1.807) is 13.0 Å². The molecule has 0 radical (unpaired) electrons. The van der Waals surface area contributed by atoms with Gasteiger partial charge in [0.05, 0.1) is 70.4 Å². The van der Waals surface area contributed by atoms with E-state index in [1.807, 2.05) is 0 Å². The van der Waals surface area contributed by atoms with Crippen molar-refractivity contribution in [3.05, 3.63) is 67.9 Å². The number of fused-ring (bicyclic) bond motifs is 1. The molecule has 1 aliphatic heterocycles. The largest absolute Gasteiger partial charge is 0.513 e. The van der Waals surface area contributed by atoms with E-state index < -0.39 is 53.5 Å². The average Bonchev–Trinajstić information content (AvgIpc) is 3.50. The van der Waals surface area contributed by atoms with Crippen molar-refractivity contribution in [2.24, 2.45) is 5.92 Å². The van der Waals surface area contributed by atoms with E-state index >= 15 is 0 Å². The van der Waals surface area contributed by atoms with E-state index in [-0.39, 0.29) is 68.5 Å². The summed E-state index contributed by atoms with van der Waals surface area (Å²) in [5.74, 6) is -1.44. The number of nitrogens with zero attached hydrogens (tertiary/aromatic N) is 2. The van der Waals surface area contributed by atoms with Gasteiger partial charge in [0.1, 0.15) is 36.2 Å². The average molecular weight is 917 g/mol. The summed E-state index contributed by atoms with van der Waals surface area (Å²) in [6.07, 6.45) is -3.76. The number of nitro groups is 1. The maximum atomic E-state index is 12.7. The Hall–Kier alpha value is -4.76. The fourth-order valence-corrected chi connectivity index (χ4v) is 7.03. The van der Waals surface area contributed by atoms with Crippen LogP contribution in [0.4, 0.5) is 10.5 Å². The molecule has 1 aliphatic rings. The minimum absolute atomic E-state index is 0.0725. The standard InChI is InChI=1S/C36H40Br2N2O16/c1-19-31(52-22(4)42)34(53-23(5)43)32(20(2)47-6)56-35(19)55-28-18-39(21(3)41)27-17-26(37)33(30(38)29(27)28)50-15-13-48-11-12-49-14-16-51-36(44)54-25-9-7-24(8-10-25)40(45)46/h7-10,17-19,31-32,34-35H,2,11-16H2,1,3-6H3/t19-,31-,32-,34+,35-/m1/s1. The molecule has 1 aromatic heterocycles. The van der Waals surface area contributed by atoms with Gasteiger partial charge in [-0.15, -0.1) is 0 Å². The minimum atomic E-state index is -1.10. The first-order chi connectivity index (χ1) is 26.6. The number of carbonyl (C=O) groups is 4. The predicted molar refractivity (Wildman–Crippen MR) is 202 cm³/mol. The molecule has 56 heavy (non-hydrogen) atoms. The lowest BCUT2D eigenvalue weighted by Gasteiger charge is -2.44. The summed E-state index contributed by atoms with van der Waals surface area (Å²) in [4.78, 5) is 58.9. The second-order valence-electron chi connectivity index (χ2n) is 12.0. The van der Waals surface area contributed by atoms with Crippen LogP contribution in [0.5, 0.6) is 17.2 Å². The highest BCUT2D eigenvalue weighted by Gasteiger charge is 2.50. The number of methoxy groups -OCH3 is 1. The summed E-state index contributed by atoms with van der Waals surface area (Å²) < 4.78 is 58.4. The van der Waals surface area contributed by atoms with Gasteiger partial charge in [-0.25, -0.2) is 4.79 Å². The molecular formula is C36H40Br2N2O16. The van der Waals surface area contributed by atoms with Crippen LogP contribution in [-0.4, -0.2) is 105 Å². The fraction of sp³-hybridized carbons (Fsp3) is 0.444. The van der Waals surface area contributed by atoms with Crippen LogP contribution in [0, 0.1) is 16.0 Å². The maximum absolute atomic E-state index is 12.7. The highest BCUT2D eigenvalue weighted by Crippen LogP contribution is 2.46. The summed E-state index contributed by atoms with van der Waals surface area (Å²) >= 11 is 7.14. The maximum Gasteiger partial charge on any atom is 0.513 e. The van der Waals surface area contributed by atoms with E-state index in [0.717, 1.165) is 0 Å². The van der Waals surface area contributed by atoms with Crippen molar-refractivity contribution < 1.29 is 71.5 Å². The molecule has 304 valence electrons. The number of aromatic nitrogens is 1. The Morgan fingerprint density at radius 1 is 0.929 bits per heavy atom. The lowest BCUT2D eigenvalue weighted by molar-refractivity contribution is -0.384. The highest BCUT2D eigenvalue weighted by molar-refractivity contribution is 9.11. The molecule has 0 spiro atoms. The van der Waals surface area contributed by atoms with Gasteiger partial charge < -0.3 is 47.4 Å². The van der Waals surface area contributed by atoms with Crippen LogP contribution in [0.15, 0.2) is 57.8 Å². The third-order valence-electron chi connectivity index (χ3n) is 8.07. The SMILES string of the molecule is C=C(OC)[C@H]1O[C@@H](Oc2cn(C(C)=O)c3cc(Br)c(OCCOCCOCCOC(=O)Oc4ccc([N+](=O)[O-])cc4)c(Br)c23)[C@H](C)[C@@H](OC(C)=O)[C@@H]1OC(C)=O. The molecular weight excluding hydrogens is 876 g/mol. The number of halogens is 2. The van der Waals surface area contributed by atoms with Crippen LogP contribution in [0.1, 0.15) is 32.5 Å². The van der Waals surface area contributed by atoms with Crippen molar-refractivity contribution in [3.8, 4) is 17.2 Å². The molecule has 0 N–H and O–H groups in total. The molecule has 2 aromatic carbocycles. The monoisotopic (exact) mass is 914 g/mol. The van der Waals surface area contributed by atoms with Crippen molar-refractivity contribution in [1.29, 1.82) is 0 Å². The molecule has 1 saturated heterocycles. The molecule has 18 nitrogen and oxygen atoms in total. The molecule has 4 rings (SSSR count). The van der Waals surface area contributed by atoms with Gasteiger partial charge in [-0.2, -0.15) is 0 Å². The van der Waals surface area contributed by atoms with E-state index in [2.05, 4.69) is 38.4 Å². The van der Waals surface area contributed by atoms with Gasteiger partial charge in [0, 0.05) is 32.9 Å². The molecule has 0 saturated carbocycles. The summed E-state index contributed by atoms with van der Waals surface area (Å²) in [5, 5.41) is 11.2. The van der Waals surface area contributed by atoms with E-state index in [0.29, 0.717) is 25.6 Å². The molecule has 20 heteroatoms. The number of carbonyl (C=O) groups excluding carboxylic acids is 4. The van der Waals surface area contributed by atoms with Crippen molar-refractivity contribution in [1.82, 2.24) is 4.57 Å². The second kappa shape index (κ2) is 20.4. The Morgan fingerprint density at radius 2 is 1.54 bits per heavy atom. The van der Waals surface area contributed by atoms with Crippen LogP contribution in [0.25, 0.3) is 10.9 Å². The first kappa shape index (κ1) is 44.0. The number of ether oxygens (including phenoxy) is 10. The zero-order valence-corrected chi connectivity index (χ0v) is 34.2. The fourth-order valence-electron chi connectivity index (χ4n) is 5.51. The highest BCUT2D eigenvalue weighted by atomic mass is 79.9. The second-order valence-corrected chi connectivity index (χ2v) is 13.7. The zero-order chi connectivity index (χ0) is 41.1. The Morgan fingerprint density at radius 3 is 2.12 bits per heavy atom. The van der Waals surface area contributed by atoms with Crippen LogP contribution in [-0.2, 0) is 42.7 Å². The van der Waals surface area contributed by atoms with Crippen molar-refractivity contribution in [3.63, 3.8) is 0 Å². The molecule has 2 heterocycles. The topological polar surface area (TPSA) is 209 Å². The number of benzene rings is 2. The van der Waals surface area contributed by atoms with Gasteiger partial charge >= 0.3 is 18.1 Å². The number of esters is 2. The number of hydrogen-bond acceptors (Lipinski definition) is 16. The Bertz CT molecular complexity index is 1920. The van der Waals surface area contributed by atoms with Gasteiger partial charge in [-0.3, -0.25) is 29.1 Å². The first-order valence-corrected chi connectivity index (χ1v) is 18.5. The molecule has 5 atom stereocenters. The summed E-state index contributed by atoms with van der Waals surface area (Å²) in [6.45, 7) is 10.1. The van der Waals surface area contributed by atoms with Crippen molar-refractivity contribution in [2.75, 3.05) is 46.8 Å². The van der Waals surface area contributed by atoms with E-state index in [1.165, 1.54) is 62.9 Å². The molecule has 0 unspecified atom stereocenters. The van der Waals surface area contributed by atoms with Crippen LogP contribution in [0.2, 0.25) is 0 Å². The number of rotatable bonds is 18. The number of hydrogen-bond donors (Lipinski definition) is 0. The predicted octanol–water partition coefficient (Wildman–Crippen LogP) is 6.13. The molecule has 3 aromatic rings. The van der Waals surface area contributed by atoms with Gasteiger partial charge in [-0.05, 0) is 50.1 Å². The Kier molecular flexibility index (Phi) is 16.0. The van der Waals surface area contributed by atoms with Gasteiger partial charge in [0.15, 0.2) is 18.3 Å². The van der Waals surface area contributed by atoms with Gasteiger partial charge in [-0.1, -0.05) is 13.5 Å². The molecule has 0 aliphatic carbocycles. The summed E-state index contributed by atoms with van der Waals surface area (Å²) in [6, 6.07) is 6.66. The van der Waals surface area contributed by atoms with Gasteiger partial charge in [0.25, 0.3) is 5.69 Å². The normalized spacial score (nSPS) is 19.1. The quantitative estimate of drug-likeness (QED) is 0.0268. The summed E-state index contributed by atoms with van der Waals surface area (Å²) in [7, 11) is 1.37. The zero-order valence-electron chi connectivity index (χ0n) is 31.0. The Labute approximate surface area is 337 Å². The lowest BCUT2D eigenvalue weighted by atomic mass is 9.91. The van der Waals surface area contributed by atoms with Crippen LogP contribution < -0.4 is 14.2 Å². The van der Waals surface area contributed by atoms with E-state index in [9.17, 15) is 29.3 Å². The van der Waals surface area contributed by atoms with Crippen LogP contribution >= 0.6 is 31.9 Å². The molecule has 0 amide bonds. The smallest absolute Gasteiger partial charge is 0.499 e. The number of nitro benzene ring substituents is 1. The minimum Gasteiger partial charge on any atom is -0.499 e. The van der Waals surface area contributed by atoms with Crippen molar-refractivity contribution in [2.45, 2.75) is 52.3 Å².